The van der Waals surface area contributed by atoms with Crippen molar-refractivity contribution in [1.82, 2.24) is 14.9 Å². The zero-order chi connectivity index (χ0) is 11.5. The predicted molar refractivity (Wildman–Crippen MR) is 56.8 cm³/mol. The molecule has 2 rings (SSSR count). The minimum absolute atomic E-state index is 0.173. The van der Waals surface area contributed by atoms with E-state index >= 15 is 0 Å². The standard InChI is InChI=1S/C10H12N4O2/c1-7-5-8(2)14(12-7)6-10(15)11-9-3-4-16-13-9/h3-5H,6H2,1-2H3,(H,11,13,15). The fraction of sp³-hybridized carbons (Fsp3) is 0.300. The summed E-state index contributed by atoms with van der Waals surface area (Å²) >= 11 is 0. The van der Waals surface area contributed by atoms with Gasteiger partial charge >= 0.3 is 0 Å². The van der Waals surface area contributed by atoms with Crippen molar-refractivity contribution in [3.63, 3.8) is 0 Å². The Kier molecular flexibility index (Phi) is 2.72. The molecule has 0 spiro atoms. The molecule has 0 radical (unpaired) electrons. The molecule has 1 amide bonds. The van der Waals surface area contributed by atoms with Crippen LogP contribution >= 0.6 is 0 Å². The maximum atomic E-state index is 11.6. The van der Waals surface area contributed by atoms with Gasteiger partial charge in [-0.1, -0.05) is 5.16 Å². The number of nitrogens with zero attached hydrogens (tertiary/aromatic N) is 3. The number of anilines is 1. The van der Waals surface area contributed by atoms with Gasteiger partial charge < -0.3 is 9.84 Å². The van der Waals surface area contributed by atoms with Crippen LogP contribution in [0.1, 0.15) is 11.4 Å². The average molecular weight is 220 g/mol. The minimum Gasteiger partial charge on any atom is -0.363 e. The number of rotatable bonds is 3. The fourth-order valence-electron chi connectivity index (χ4n) is 1.43. The fourth-order valence-corrected chi connectivity index (χ4v) is 1.43. The van der Waals surface area contributed by atoms with E-state index in [4.69, 9.17) is 0 Å². The molecule has 0 fully saturated rings. The molecule has 2 aromatic rings. The molecule has 0 unspecified atom stereocenters. The molecule has 0 bridgehead atoms. The van der Waals surface area contributed by atoms with Crippen LogP contribution in [0.4, 0.5) is 5.82 Å². The van der Waals surface area contributed by atoms with Crippen LogP contribution in [0.2, 0.25) is 0 Å². The minimum atomic E-state index is -0.180. The summed E-state index contributed by atoms with van der Waals surface area (Å²) in [5.74, 6) is 0.228. The number of hydrogen-bond donors (Lipinski definition) is 1. The van der Waals surface area contributed by atoms with Gasteiger partial charge in [0.1, 0.15) is 12.8 Å². The Hall–Kier alpha value is -2.11. The third-order valence-electron chi connectivity index (χ3n) is 2.10. The summed E-state index contributed by atoms with van der Waals surface area (Å²) in [7, 11) is 0. The average Bonchev–Trinajstić information content (AvgIpc) is 2.78. The van der Waals surface area contributed by atoms with Crippen LogP contribution in [0.25, 0.3) is 0 Å². The molecule has 16 heavy (non-hydrogen) atoms. The highest BCUT2D eigenvalue weighted by molar-refractivity contribution is 5.89. The van der Waals surface area contributed by atoms with Gasteiger partial charge in [0, 0.05) is 11.8 Å². The topological polar surface area (TPSA) is 73.0 Å². The van der Waals surface area contributed by atoms with Crippen molar-refractivity contribution in [1.29, 1.82) is 0 Å². The van der Waals surface area contributed by atoms with Gasteiger partial charge in [-0.05, 0) is 19.9 Å². The van der Waals surface area contributed by atoms with Crippen LogP contribution in [0.3, 0.4) is 0 Å². The Labute approximate surface area is 92.2 Å². The van der Waals surface area contributed by atoms with Crippen LogP contribution in [0.15, 0.2) is 22.9 Å². The van der Waals surface area contributed by atoms with Gasteiger partial charge in [0.05, 0.1) is 5.69 Å². The molecule has 2 aromatic heterocycles. The Morgan fingerprint density at radius 1 is 1.56 bits per heavy atom. The second kappa shape index (κ2) is 4.18. The lowest BCUT2D eigenvalue weighted by Gasteiger charge is -2.03. The van der Waals surface area contributed by atoms with Crippen molar-refractivity contribution >= 4 is 11.7 Å². The summed E-state index contributed by atoms with van der Waals surface area (Å²) in [6.45, 7) is 3.97. The predicted octanol–water partition coefficient (Wildman–Crippen LogP) is 1.13. The second-order valence-corrected chi connectivity index (χ2v) is 3.52. The van der Waals surface area contributed by atoms with Crippen LogP contribution in [-0.4, -0.2) is 20.8 Å². The zero-order valence-electron chi connectivity index (χ0n) is 9.10. The van der Waals surface area contributed by atoms with Gasteiger partial charge in [0.25, 0.3) is 0 Å². The van der Waals surface area contributed by atoms with Crippen molar-refractivity contribution in [3.05, 3.63) is 29.8 Å². The maximum absolute atomic E-state index is 11.6. The molecule has 0 aliphatic carbocycles. The number of amides is 1. The van der Waals surface area contributed by atoms with Crippen molar-refractivity contribution < 1.29 is 9.32 Å². The number of carbonyl (C=O) groups excluding carboxylic acids is 1. The molecule has 0 aromatic carbocycles. The summed E-state index contributed by atoms with van der Waals surface area (Å²) in [6.07, 6.45) is 1.40. The van der Waals surface area contributed by atoms with E-state index in [9.17, 15) is 4.79 Å². The Bertz CT molecular complexity index is 487. The van der Waals surface area contributed by atoms with Crippen LogP contribution in [-0.2, 0) is 11.3 Å². The van der Waals surface area contributed by atoms with E-state index < -0.39 is 0 Å². The molecule has 0 saturated carbocycles. The number of hydrogen-bond acceptors (Lipinski definition) is 4. The highest BCUT2D eigenvalue weighted by Gasteiger charge is 2.08. The normalized spacial score (nSPS) is 10.4. The van der Waals surface area contributed by atoms with E-state index in [0.717, 1.165) is 11.4 Å². The van der Waals surface area contributed by atoms with E-state index in [1.165, 1.54) is 6.26 Å². The van der Waals surface area contributed by atoms with Crippen molar-refractivity contribution in [2.75, 3.05) is 5.32 Å². The molecule has 84 valence electrons. The smallest absolute Gasteiger partial charge is 0.247 e. The SMILES string of the molecule is Cc1cc(C)n(CC(=O)Nc2ccon2)n1. The molecule has 0 aliphatic heterocycles. The van der Waals surface area contributed by atoms with Gasteiger partial charge in [-0.2, -0.15) is 5.10 Å². The van der Waals surface area contributed by atoms with Crippen molar-refractivity contribution in [2.45, 2.75) is 20.4 Å². The van der Waals surface area contributed by atoms with Gasteiger partial charge in [0.15, 0.2) is 5.82 Å². The zero-order valence-corrected chi connectivity index (χ0v) is 9.10. The number of nitrogens with one attached hydrogen (secondary N) is 1. The monoisotopic (exact) mass is 220 g/mol. The van der Waals surface area contributed by atoms with Crippen LogP contribution < -0.4 is 5.32 Å². The molecule has 6 nitrogen and oxygen atoms in total. The Morgan fingerprint density at radius 2 is 2.38 bits per heavy atom. The largest absolute Gasteiger partial charge is 0.363 e. The van der Waals surface area contributed by atoms with Crippen LogP contribution in [0, 0.1) is 13.8 Å². The summed E-state index contributed by atoms with van der Waals surface area (Å²) in [5, 5.41) is 10.4. The molecule has 0 saturated heterocycles. The lowest BCUT2D eigenvalue weighted by Crippen LogP contribution is -2.20. The molecule has 2 heterocycles. The first-order valence-corrected chi connectivity index (χ1v) is 4.86. The van der Waals surface area contributed by atoms with E-state index in [-0.39, 0.29) is 12.5 Å². The maximum Gasteiger partial charge on any atom is 0.247 e. The molecule has 0 atom stereocenters. The Balaban J connectivity index is 2.00. The molecular weight excluding hydrogens is 208 g/mol. The third-order valence-corrected chi connectivity index (χ3v) is 2.10. The quantitative estimate of drug-likeness (QED) is 0.841. The molecule has 0 aliphatic rings. The number of carbonyl (C=O) groups is 1. The van der Waals surface area contributed by atoms with E-state index in [0.29, 0.717) is 5.82 Å². The summed E-state index contributed by atoms with van der Waals surface area (Å²) in [4.78, 5) is 11.6. The number of aryl methyl sites for hydroxylation is 2. The van der Waals surface area contributed by atoms with Crippen molar-refractivity contribution in [3.8, 4) is 0 Å². The van der Waals surface area contributed by atoms with Gasteiger partial charge in [-0.25, -0.2) is 0 Å². The van der Waals surface area contributed by atoms with Gasteiger partial charge in [-0.3, -0.25) is 9.48 Å². The molecular formula is C10H12N4O2. The highest BCUT2D eigenvalue weighted by Crippen LogP contribution is 2.04. The second-order valence-electron chi connectivity index (χ2n) is 3.52. The van der Waals surface area contributed by atoms with E-state index in [1.807, 2.05) is 19.9 Å². The highest BCUT2D eigenvalue weighted by atomic mass is 16.5. The number of aromatic nitrogens is 3. The first-order valence-electron chi connectivity index (χ1n) is 4.86. The van der Waals surface area contributed by atoms with E-state index in [2.05, 4.69) is 20.1 Å². The van der Waals surface area contributed by atoms with Gasteiger partial charge in [0.2, 0.25) is 5.91 Å². The van der Waals surface area contributed by atoms with Crippen LogP contribution in [0.5, 0.6) is 0 Å². The first-order chi connectivity index (χ1) is 7.65. The Morgan fingerprint density at radius 3 is 2.94 bits per heavy atom. The first kappa shape index (κ1) is 10.4. The third kappa shape index (κ3) is 2.28. The summed E-state index contributed by atoms with van der Waals surface area (Å²) < 4.78 is 6.25. The lowest BCUT2D eigenvalue weighted by atomic mass is 10.4. The lowest BCUT2D eigenvalue weighted by molar-refractivity contribution is -0.117. The van der Waals surface area contributed by atoms with Gasteiger partial charge in [-0.15, -0.1) is 0 Å². The molecule has 1 N–H and O–H groups in total. The summed E-state index contributed by atoms with van der Waals surface area (Å²) in [5.41, 5.74) is 1.85. The summed E-state index contributed by atoms with van der Waals surface area (Å²) in [6, 6.07) is 3.50. The van der Waals surface area contributed by atoms with Crippen molar-refractivity contribution in [2.24, 2.45) is 0 Å². The molecule has 6 heteroatoms. The van der Waals surface area contributed by atoms with E-state index in [1.54, 1.807) is 10.7 Å².